The van der Waals surface area contributed by atoms with Crippen LogP contribution >= 0.6 is 11.6 Å². The largest absolute Gasteiger partial charge is 0.382 e. The number of carbonyl (C=O) groups excluding carboxylic acids is 1. The van der Waals surface area contributed by atoms with Gasteiger partial charge in [0.15, 0.2) is 11.5 Å². The zero-order valence-electron chi connectivity index (χ0n) is 17.6. The van der Waals surface area contributed by atoms with Gasteiger partial charge in [0.25, 0.3) is 5.91 Å². The van der Waals surface area contributed by atoms with E-state index in [1.54, 1.807) is 61.5 Å². The van der Waals surface area contributed by atoms with Crippen LogP contribution in [0.25, 0.3) is 22.6 Å². The van der Waals surface area contributed by atoms with Crippen LogP contribution in [0.1, 0.15) is 35.0 Å². The lowest BCUT2D eigenvalue weighted by molar-refractivity contribution is 0.0934. The normalized spacial score (nSPS) is 11.9. The van der Waals surface area contributed by atoms with E-state index < -0.39 is 11.9 Å². The Balaban J connectivity index is 1.80. The predicted molar refractivity (Wildman–Crippen MR) is 120 cm³/mol. The van der Waals surface area contributed by atoms with Crippen molar-refractivity contribution in [2.75, 3.05) is 5.73 Å². The van der Waals surface area contributed by atoms with E-state index in [4.69, 9.17) is 17.3 Å². The number of aromatic nitrogens is 7. The maximum atomic E-state index is 13.0. The minimum Gasteiger partial charge on any atom is -0.382 e. The molecule has 0 aromatic carbocycles. The van der Waals surface area contributed by atoms with E-state index >= 15 is 0 Å². The molecule has 11 heteroatoms. The Kier molecular flexibility index (Phi) is 5.78. The molecule has 0 spiro atoms. The van der Waals surface area contributed by atoms with E-state index in [9.17, 15) is 4.79 Å². The molecular formula is C21H20ClN9O. The molecule has 0 saturated heterocycles. The van der Waals surface area contributed by atoms with Gasteiger partial charge in [0.2, 0.25) is 0 Å². The van der Waals surface area contributed by atoms with Gasteiger partial charge in [-0.2, -0.15) is 5.10 Å². The van der Waals surface area contributed by atoms with Crippen LogP contribution in [0.5, 0.6) is 0 Å². The van der Waals surface area contributed by atoms with Gasteiger partial charge in [-0.3, -0.25) is 9.48 Å². The molecule has 0 radical (unpaired) electrons. The van der Waals surface area contributed by atoms with E-state index in [0.717, 1.165) is 0 Å². The van der Waals surface area contributed by atoms with Crippen molar-refractivity contribution in [3.63, 3.8) is 0 Å². The molecule has 0 aliphatic carbocycles. The molecule has 4 aromatic rings. The van der Waals surface area contributed by atoms with Crippen LogP contribution in [0.15, 0.2) is 42.9 Å². The third-order valence-corrected chi connectivity index (χ3v) is 4.80. The van der Waals surface area contributed by atoms with Crippen LogP contribution in [0.4, 0.5) is 5.82 Å². The van der Waals surface area contributed by atoms with E-state index in [2.05, 4.69) is 35.3 Å². The fraction of sp³-hybridized carbons (Fsp3) is 0.190. The SMILES string of the molecule is Cc1cc(-c2nc(C(=O)NC(C)c3ncccn3)c(N)nc2-c2ccn(C)n2)cc(Cl)n1. The fourth-order valence-corrected chi connectivity index (χ4v) is 3.42. The molecule has 0 aliphatic rings. The molecule has 0 saturated carbocycles. The standard InChI is InChI=1S/C21H20ClN9O/c1-11-9-13(10-15(22)26-11)16-17(14-5-8-31(3)30-14)29-19(23)18(28-16)21(32)27-12(2)20-24-6-4-7-25-20/h4-10,12H,1-3H3,(H2,23,29)(H,27,32). The topological polar surface area (TPSA) is 137 Å². The lowest BCUT2D eigenvalue weighted by Gasteiger charge is -2.15. The Labute approximate surface area is 188 Å². The molecule has 32 heavy (non-hydrogen) atoms. The number of amides is 1. The number of anilines is 1. The number of hydrogen-bond acceptors (Lipinski definition) is 8. The zero-order chi connectivity index (χ0) is 22.8. The van der Waals surface area contributed by atoms with Gasteiger partial charge in [-0.1, -0.05) is 11.6 Å². The molecule has 4 rings (SSSR count). The summed E-state index contributed by atoms with van der Waals surface area (Å²) in [6.07, 6.45) is 4.99. The third-order valence-electron chi connectivity index (χ3n) is 4.61. The summed E-state index contributed by atoms with van der Waals surface area (Å²) in [7, 11) is 1.79. The molecule has 1 atom stereocenters. The second-order valence-electron chi connectivity index (χ2n) is 7.15. The van der Waals surface area contributed by atoms with Crippen LogP contribution in [-0.4, -0.2) is 40.6 Å². The third kappa shape index (κ3) is 4.40. The number of carbonyl (C=O) groups is 1. The molecule has 162 valence electrons. The lowest BCUT2D eigenvalue weighted by Crippen LogP contribution is -2.29. The molecule has 4 aromatic heterocycles. The summed E-state index contributed by atoms with van der Waals surface area (Å²) in [6, 6.07) is 6.49. The fourth-order valence-electron chi connectivity index (χ4n) is 3.17. The lowest BCUT2D eigenvalue weighted by atomic mass is 10.1. The Morgan fingerprint density at radius 2 is 1.91 bits per heavy atom. The van der Waals surface area contributed by atoms with Crippen molar-refractivity contribution >= 4 is 23.3 Å². The summed E-state index contributed by atoms with van der Waals surface area (Å²) in [5.41, 5.74) is 8.87. The summed E-state index contributed by atoms with van der Waals surface area (Å²) in [5.74, 6) is -0.0557. The van der Waals surface area contributed by atoms with E-state index in [1.165, 1.54) is 0 Å². The minimum absolute atomic E-state index is 0.0203. The van der Waals surface area contributed by atoms with Gasteiger partial charge in [-0.05, 0) is 38.1 Å². The molecule has 0 aliphatic heterocycles. The number of nitrogens with zero attached hydrogens (tertiary/aromatic N) is 7. The Hall–Kier alpha value is -3.92. The van der Waals surface area contributed by atoms with Gasteiger partial charge in [0.05, 0.1) is 11.7 Å². The molecule has 4 heterocycles. The first kappa shape index (κ1) is 21.3. The van der Waals surface area contributed by atoms with Crippen molar-refractivity contribution in [1.29, 1.82) is 0 Å². The first-order chi connectivity index (χ1) is 15.3. The molecule has 10 nitrogen and oxygen atoms in total. The molecule has 1 amide bonds. The molecule has 0 bridgehead atoms. The smallest absolute Gasteiger partial charge is 0.274 e. The minimum atomic E-state index is -0.499. The number of pyridine rings is 1. The summed E-state index contributed by atoms with van der Waals surface area (Å²) in [5, 5.41) is 7.52. The van der Waals surface area contributed by atoms with Crippen LogP contribution in [0, 0.1) is 6.92 Å². The van der Waals surface area contributed by atoms with Crippen molar-refractivity contribution in [3.8, 4) is 22.6 Å². The van der Waals surface area contributed by atoms with Crippen LogP contribution < -0.4 is 11.1 Å². The van der Waals surface area contributed by atoms with Crippen molar-refractivity contribution in [2.45, 2.75) is 19.9 Å². The van der Waals surface area contributed by atoms with Crippen LogP contribution in [0.2, 0.25) is 5.15 Å². The monoisotopic (exact) mass is 449 g/mol. The number of nitrogens with one attached hydrogen (secondary N) is 1. The zero-order valence-corrected chi connectivity index (χ0v) is 18.4. The number of nitrogen functional groups attached to an aromatic ring is 1. The quantitative estimate of drug-likeness (QED) is 0.443. The summed E-state index contributed by atoms with van der Waals surface area (Å²) in [4.78, 5) is 34.6. The number of hydrogen-bond donors (Lipinski definition) is 2. The highest BCUT2D eigenvalue weighted by molar-refractivity contribution is 6.29. The summed E-state index contributed by atoms with van der Waals surface area (Å²) in [6.45, 7) is 3.59. The first-order valence-corrected chi connectivity index (χ1v) is 10.1. The maximum absolute atomic E-state index is 13.0. The van der Waals surface area contributed by atoms with E-state index in [0.29, 0.717) is 39.3 Å². The van der Waals surface area contributed by atoms with Crippen molar-refractivity contribution in [3.05, 3.63) is 65.2 Å². The highest BCUT2D eigenvalue weighted by Gasteiger charge is 2.23. The number of halogens is 1. The second kappa shape index (κ2) is 8.67. The summed E-state index contributed by atoms with van der Waals surface area (Å²) >= 11 is 6.18. The van der Waals surface area contributed by atoms with Gasteiger partial charge < -0.3 is 11.1 Å². The first-order valence-electron chi connectivity index (χ1n) is 9.71. The highest BCUT2D eigenvalue weighted by atomic mass is 35.5. The van der Waals surface area contributed by atoms with Crippen molar-refractivity contribution in [1.82, 2.24) is 40.0 Å². The highest BCUT2D eigenvalue weighted by Crippen LogP contribution is 2.31. The van der Waals surface area contributed by atoms with Gasteiger partial charge in [-0.25, -0.2) is 24.9 Å². The number of aryl methyl sites for hydroxylation is 2. The van der Waals surface area contributed by atoms with Gasteiger partial charge in [0.1, 0.15) is 22.4 Å². The molecule has 0 fully saturated rings. The molecular weight excluding hydrogens is 430 g/mol. The van der Waals surface area contributed by atoms with E-state index in [1.807, 2.05) is 6.92 Å². The molecule has 3 N–H and O–H groups in total. The predicted octanol–water partition coefficient (Wildman–Crippen LogP) is 2.76. The van der Waals surface area contributed by atoms with Gasteiger partial charge >= 0.3 is 0 Å². The van der Waals surface area contributed by atoms with Crippen molar-refractivity contribution < 1.29 is 4.79 Å². The Morgan fingerprint density at radius 1 is 1.16 bits per heavy atom. The second-order valence-corrected chi connectivity index (χ2v) is 7.54. The van der Waals surface area contributed by atoms with Gasteiger partial charge in [-0.15, -0.1) is 0 Å². The average molecular weight is 450 g/mol. The van der Waals surface area contributed by atoms with Crippen molar-refractivity contribution in [2.24, 2.45) is 7.05 Å². The number of nitrogens with two attached hydrogens (primary N) is 1. The van der Waals surface area contributed by atoms with Crippen LogP contribution in [0.3, 0.4) is 0 Å². The molecule has 1 unspecified atom stereocenters. The number of rotatable bonds is 5. The Morgan fingerprint density at radius 3 is 2.56 bits per heavy atom. The maximum Gasteiger partial charge on any atom is 0.274 e. The van der Waals surface area contributed by atoms with E-state index in [-0.39, 0.29) is 11.5 Å². The summed E-state index contributed by atoms with van der Waals surface area (Å²) < 4.78 is 1.64. The average Bonchev–Trinajstić information content (AvgIpc) is 3.19. The Bertz CT molecular complexity index is 1270. The van der Waals surface area contributed by atoms with Gasteiger partial charge in [0, 0.05) is 36.9 Å². The van der Waals surface area contributed by atoms with Crippen LogP contribution in [-0.2, 0) is 7.05 Å².